The molecule has 0 radical (unpaired) electrons. The van der Waals surface area contributed by atoms with E-state index in [1.54, 1.807) is 12.4 Å². The number of anilines is 1. The quantitative estimate of drug-likeness (QED) is 0.503. The van der Waals surface area contributed by atoms with E-state index in [0.29, 0.717) is 12.4 Å². The Labute approximate surface area is 174 Å². The molecule has 0 aliphatic heterocycles. The molecule has 0 bridgehead atoms. The topological polar surface area (TPSA) is 76.5 Å². The highest BCUT2D eigenvalue weighted by atomic mass is 19.1. The average molecular weight is 402 g/mol. The smallest absolute Gasteiger partial charge is 0.142 e. The molecule has 152 valence electrons. The first-order valence-electron chi connectivity index (χ1n) is 9.88. The van der Waals surface area contributed by atoms with E-state index in [9.17, 15) is 4.39 Å². The third-order valence-corrected chi connectivity index (χ3v) is 5.51. The highest BCUT2D eigenvalue weighted by Gasteiger charge is 2.27. The van der Waals surface area contributed by atoms with Gasteiger partial charge in [-0.25, -0.2) is 24.3 Å². The van der Waals surface area contributed by atoms with E-state index in [0.717, 1.165) is 40.0 Å². The van der Waals surface area contributed by atoms with Gasteiger partial charge in [0.15, 0.2) is 0 Å². The van der Waals surface area contributed by atoms with Gasteiger partial charge in [0.25, 0.3) is 0 Å². The third-order valence-electron chi connectivity index (χ3n) is 5.51. The van der Waals surface area contributed by atoms with Crippen LogP contribution in [0.15, 0.2) is 55.2 Å². The number of aryl methyl sites for hydroxylation is 1. The monoisotopic (exact) mass is 402 g/mol. The maximum Gasteiger partial charge on any atom is 0.142 e. The maximum absolute atomic E-state index is 13.6. The molecule has 0 amide bonds. The van der Waals surface area contributed by atoms with Gasteiger partial charge in [0.1, 0.15) is 23.8 Å². The molecule has 4 aromatic rings. The largest absolute Gasteiger partial charge is 0.369 e. The number of pyridine rings is 1. The highest BCUT2D eigenvalue weighted by molar-refractivity contribution is 5.82. The normalized spacial score (nSPS) is 13.2. The molecule has 7 heteroatoms. The number of hydrogen-bond donors (Lipinski definition) is 1. The van der Waals surface area contributed by atoms with E-state index in [2.05, 4.69) is 50.2 Å². The van der Waals surface area contributed by atoms with Gasteiger partial charge < -0.3 is 5.32 Å². The van der Waals surface area contributed by atoms with Crippen LogP contribution < -0.4 is 5.32 Å². The van der Waals surface area contributed by atoms with Gasteiger partial charge in [-0.3, -0.25) is 4.98 Å². The Hall–Kier alpha value is -3.48. The third kappa shape index (κ3) is 3.96. The molecule has 1 aromatic carbocycles. The van der Waals surface area contributed by atoms with Gasteiger partial charge in [-0.1, -0.05) is 32.0 Å². The van der Waals surface area contributed by atoms with Crippen molar-refractivity contribution < 1.29 is 4.39 Å². The fraction of sp³-hybridized carbons (Fsp3) is 0.261. The lowest BCUT2D eigenvalue weighted by atomic mass is 9.79. The van der Waals surface area contributed by atoms with Gasteiger partial charge in [-0.2, -0.15) is 0 Å². The van der Waals surface area contributed by atoms with E-state index in [4.69, 9.17) is 0 Å². The molecular formula is C23H23FN6. The van der Waals surface area contributed by atoms with Crippen LogP contribution in [0.1, 0.15) is 31.7 Å². The van der Waals surface area contributed by atoms with Crippen molar-refractivity contribution in [2.75, 3.05) is 11.9 Å². The van der Waals surface area contributed by atoms with Crippen LogP contribution in [0.2, 0.25) is 0 Å². The molecule has 0 aliphatic rings. The summed E-state index contributed by atoms with van der Waals surface area (Å²) in [5.74, 6) is 1.11. The second kappa shape index (κ2) is 8.10. The molecule has 0 aliphatic carbocycles. The fourth-order valence-corrected chi connectivity index (χ4v) is 3.45. The standard InChI is InChI=1S/C23H23FN6/c1-4-23(3,19-7-5-6-16-8-18(24)12-27-22(16)19)13-28-21-9-20(29-14-30-21)17-10-25-15(2)26-11-17/h5-12,14H,4,13H2,1-3H3,(H,28,29,30). The van der Waals surface area contributed by atoms with Gasteiger partial charge in [-0.15, -0.1) is 0 Å². The van der Waals surface area contributed by atoms with Crippen molar-refractivity contribution in [3.05, 3.63) is 72.5 Å². The molecule has 3 aromatic heterocycles. The second-order valence-electron chi connectivity index (χ2n) is 7.61. The van der Waals surface area contributed by atoms with Crippen molar-refractivity contribution in [1.29, 1.82) is 0 Å². The number of hydrogen-bond acceptors (Lipinski definition) is 6. The molecule has 0 fully saturated rings. The Morgan fingerprint density at radius 1 is 1.00 bits per heavy atom. The first-order valence-corrected chi connectivity index (χ1v) is 9.88. The SMILES string of the molecule is CCC(C)(CNc1cc(-c2cnc(C)nc2)ncn1)c1cccc2cc(F)cnc12. The van der Waals surface area contributed by atoms with Crippen molar-refractivity contribution in [2.24, 2.45) is 0 Å². The summed E-state index contributed by atoms with van der Waals surface area (Å²) < 4.78 is 13.6. The van der Waals surface area contributed by atoms with E-state index in [1.807, 2.05) is 25.1 Å². The van der Waals surface area contributed by atoms with Crippen LogP contribution >= 0.6 is 0 Å². The van der Waals surface area contributed by atoms with E-state index in [-0.39, 0.29) is 11.2 Å². The Morgan fingerprint density at radius 3 is 2.57 bits per heavy atom. The molecule has 3 heterocycles. The maximum atomic E-state index is 13.6. The lowest BCUT2D eigenvalue weighted by Crippen LogP contribution is -2.31. The van der Waals surface area contributed by atoms with E-state index < -0.39 is 0 Å². The summed E-state index contributed by atoms with van der Waals surface area (Å²) in [4.78, 5) is 21.5. The summed E-state index contributed by atoms with van der Waals surface area (Å²) in [6.07, 6.45) is 7.19. The molecule has 0 saturated heterocycles. The molecule has 1 atom stereocenters. The molecular weight excluding hydrogens is 379 g/mol. The van der Waals surface area contributed by atoms with Crippen molar-refractivity contribution >= 4 is 16.7 Å². The summed E-state index contributed by atoms with van der Waals surface area (Å²) in [5.41, 5.74) is 3.28. The van der Waals surface area contributed by atoms with Crippen molar-refractivity contribution in [2.45, 2.75) is 32.6 Å². The average Bonchev–Trinajstić information content (AvgIpc) is 2.77. The summed E-state index contributed by atoms with van der Waals surface area (Å²) in [7, 11) is 0. The van der Waals surface area contributed by atoms with Crippen LogP contribution in [0.4, 0.5) is 10.2 Å². The number of para-hydroxylation sites is 1. The van der Waals surface area contributed by atoms with Crippen LogP contribution in [0.5, 0.6) is 0 Å². The van der Waals surface area contributed by atoms with Gasteiger partial charge >= 0.3 is 0 Å². The number of nitrogens with zero attached hydrogens (tertiary/aromatic N) is 5. The molecule has 0 saturated carbocycles. The minimum atomic E-state index is -0.329. The number of fused-ring (bicyclic) bond motifs is 1. The predicted octanol–water partition coefficient (Wildman–Crippen LogP) is 4.71. The first-order chi connectivity index (χ1) is 14.5. The zero-order valence-electron chi connectivity index (χ0n) is 17.2. The van der Waals surface area contributed by atoms with Crippen LogP contribution in [0, 0.1) is 12.7 Å². The molecule has 6 nitrogen and oxygen atoms in total. The fourth-order valence-electron chi connectivity index (χ4n) is 3.45. The number of halogens is 1. The minimum absolute atomic E-state index is 0.220. The molecule has 30 heavy (non-hydrogen) atoms. The van der Waals surface area contributed by atoms with Crippen LogP contribution in [-0.4, -0.2) is 31.5 Å². The van der Waals surface area contributed by atoms with Crippen molar-refractivity contribution in [3.63, 3.8) is 0 Å². The first kappa shape index (κ1) is 19.8. The Kier molecular flexibility index (Phi) is 5.35. The Morgan fingerprint density at radius 2 is 1.80 bits per heavy atom. The predicted molar refractivity (Wildman–Crippen MR) is 116 cm³/mol. The van der Waals surface area contributed by atoms with Crippen LogP contribution in [0.3, 0.4) is 0 Å². The Bertz CT molecular complexity index is 1180. The molecule has 4 rings (SSSR count). The van der Waals surface area contributed by atoms with Crippen LogP contribution in [-0.2, 0) is 5.41 Å². The van der Waals surface area contributed by atoms with Crippen LogP contribution in [0.25, 0.3) is 22.2 Å². The van der Waals surface area contributed by atoms with Gasteiger partial charge in [0.05, 0.1) is 17.4 Å². The van der Waals surface area contributed by atoms with Gasteiger partial charge in [0.2, 0.25) is 0 Å². The number of rotatable bonds is 6. The lowest BCUT2D eigenvalue weighted by Gasteiger charge is -2.30. The summed E-state index contributed by atoms with van der Waals surface area (Å²) in [5, 5.41) is 4.24. The summed E-state index contributed by atoms with van der Waals surface area (Å²) in [6.45, 7) is 6.80. The molecule has 1 unspecified atom stereocenters. The number of benzene rings is 1. The van der Waals surface area contributed by atoms with Crippen molar-refractivity contribution in [1.82, 2.24) is 24.9 Å². The minimum Gasteiger partial charge on any atom is -0.369 e. The number of nitrogens with one attached hydrogen (secondary N) is 1. The summed E-state index contributed by atoms with van der Waals surface area (Å²) in [6, 6.07) is 9.32. The van der Waals surface area contributed by atoms with E-state index >= 15 is 0 Å². The lowest BCUT2D eigenvalue weighted by molar-refractivity contribution is 0.483. The van der Waals surface area contributed by atoms with Crippen molar-refractivity contribution in [3.8, 4) is 11.3 Å². The molecule has 1 N–H and O–H groups in total. The zero-order chi connectivity index (χ0) is 21.1. The highest BCUT2D eigenvalue weighted by Crippen LogP contribution is 2.33. The van der Waals surface area contributed by atoms with Gasteiger partial charge in [0, 0.05) is 41.4 Å². The summed E-state index contributed by atoms with van der Waals surface area (Å²) >= 11 is 0. The van der Waals surface area contributed by atoms with E-state index in [1.165, 1.54) is 18.6 Å². The zero-order valence-corrected chi connectivity index (χ0v) is 17.2. The number of aromatic nitrogens is 5. The van der Waals surface area contributed by atoms with Gasteiger partial charge in [-0.05, 0) is 25.0 Å². The molecule has 0 spiro atoms. The Balaban J connectivity index is 1.61. The second-order valence-corrected chi connectivity index (χ2v) is 7.61.